The van der Waals surface area contributed by atoms with Crippen molar-refractivity contribution in [3.63, 3.8) is 0 Å². The number of sulfonamides is 1. The van der Waals surface area contributed by atoms with Gasteiger partial charge in [0.25, 0.3) is 15.9 Å². The van der Waals surface area contributed by atoms with Crippen molar-refractivity contribution in [2.24, 2.45) is 5.73 Å². The van der Waals surface area contributed by atoms with E-state index in [0.29, 0.717) is 34.9 Å². The lowest BCUT2D eigenvalue weighted by Crippen LogP contribution is -2.44. The molecule has 11 nitrogen and oxygen atoms in total. The summed E-state index contributed by atoms with van der Waals surface area (Å²) in [5.41, 5.74) is 9.83. The molecule has 4 N–H and O–H groups in total. The number of amides is 1. The Bertz CT molecular complexity index is 1580. The van der Waals surface area contributed by atoms with Gasteiger partial charge < -0.3 is 26.2 Å². The van der Waals surface area contributed by atoms with Gasteiger partial charge in [-0.2, -0.15) is 0 Å². The number of rotatable bonds is 7. The maximum Gasteiger partial charge on any atom is 0.268 e. The maximum absolute atomic E-state index is 13.8. The highest BCUT2D eigenvalue weighted by molar-refractivity contribution is 7.93. The number of hydrogen-bond acceptors (Lipinski definition) is 9. The van der Waals surface area contributed by atoms with Crippen LogP contribution in [0.3, 0.4) is 0 Å². The van der Waals surface area contributed by atoms with Crippen LogP contribution in [0.4, 0.5) is 23.0 Å². The van der Waals surface area contributed by atoms with Gasteiger partial charge >= 0.3 is 0 Å². The Morgan fingerprint density at radius 2 is 1.74 bits per heavy atom. The first kappa shape index (κ1) is 29.3. The lowest BCUT2D eigenvalue weighted by atomic mass is 9.91. The van der Waals surface area contributed by atoms with Gasteiger partial charge in [0.05, 0.1) is 17.6 Å². The molecule has 43 heavy (non-hydrogen) atoms. The zero-order chi connectivity index (χ0) is 30.1. The van der Waals surface area contributed by atoms with Crippen LogP contribution in [0.25, 0.3) is 11.3 Å². The van der Waals surface area contributed by atoms with Gasteiger partial charge in [0.2, 0.25) is 5.95 Å². The molecule has 6 rings (SSSR count). The first-order valence-corrected chi connectivity index (χ1v) is 16.6. The fraction of sp³-hybridized carbons (Fsp3) is 0.452. The van der Waals surface area contributed by atoms with Crippen molar-refractivity contribution in [2.45, 2.75) is 56.0 Å². The minimum absolute atomic E-state index is 0.0557. The first-order chi connectivity index (χ1) is 20.7. The summed E-state index contributed by atoms with van der Waals surface area (Å²) in [6.07, 6.45) is 5.42. The van der Waals surface area contributed by atoms with E-state index >= 15 is 0 Å². The molecule has 228 valence electrons. The third kappa shape index (κ3) is 6.04. The summed E-state index contributed by atoms with van der Waals surface area (Å²) in [5, 5.41) is 6.34. The molecule has 1 saturated heterocycles. The molecule has 2 aliphatic heterocycles. The molecule has 0 radical (unpaired) electrons. The Balaban J connectivity index is 1.27. The summed E-state index contributed by atoms with van der Waals surface area (Å²) in [6, 6.07) is 13.6. The molecule has 3 heterocycles. The molecule has 0 spiro atoms. The molecule has 0 bridgehead atoms. The number of aromatic nitrogens is 2. The van der Waals surface area contributed by atoms with Gasteiger partial charge in [-0.3, -0.25) is 9.10 Å². The lowest BCUT2D eigenvalue weighted by Gasteiger charge is -2.34. The predicted octanol–water partition coefficient (Wildman–Crippen LogP) is 3.56. The Hall–Kier alpha value is -3.74. The molecular formula is C31H40N8O3S. The molecule has 3 aromatic rings. The van der Waals surface area contributed by atoms with Crippen LogP contribution in [-0.4, -0.2) is 81.0 Å². The van der Waals surface area contributed by atoms with Gasteiger partial charge in [0, 0.05) is 67.3 Å². The maximum atomic E-state index is 13.8. The molecule has 1 amide bonds. The number of anilines is 4. The summed E-state index contributed by atoms with van der Waals surface area (Å²) in [6.45, 7) is 6.24. The molecule has 0 unspecified atom stereocenters. The molecule has 0 atom stereocenters. The van der Waals surface area contributed by atoms with Gasteiger partial charge in [0.15, 0.2) is 0 Å². The summed E-state index contributed by atoms with van der Waals surface area (Å²) in [4.78, 5) is 27.0. The number of nitrogens with zero attached hydrogens (tertiary/aromatic N) is 5. The highest BCUT2D eigenvalue weighted by Crippen LogP contribution is 2.43. The number of nitrogens with one attached hydrogen (secondary N) is 2. The molecule has 1 saturated carbocycles. The molecule has 2 aromatic carbocycles. The van der Waals surface area contributed by atoms with Crippen molar-refractivity contribution < 1.29 is 13.2 Å². The SMILES string of the molecule is CCCN1c2cc(C(=O)NC3CCC(N)CC3)ccc2-c2nc(Nc3ccc(N4CCN(C)CC4)cc3)ncc2S1(=O)=O. The van der Waals surface area contributed by atoms with Crippen LogP contribution in [0.1, 0.15) is 49.4 Å². The van der Waals surface area contributed by atoms with Crippen LogP contribution in [-0.2, 0) is 10.0 Å². The highest BCUT2D eigenvalue weighted by atomic mass is 32.2. The highest BCUT2D eigenvalue weighted by Gasteiger charge is 2.37. The van der Waals surface area contributed by atoms with Crippen LogP contribution in [0.5, 0.6) is 0 Å². The smallest absolute Gasteiger partial charge is 0.268 e. The van der Waals surface area contributed by atoms with Crippen LogP contribution < -0.4 is 25.6 Å². The number of benzene rings is 2. The molecule has 12 heteroatoms. The average Bonchev–Trinajstić information content (AvgIpc) is 3.01. The van der Waals surface area contributed by atoms with Gasteiger partial charge in [-0.15, -0.1) is 0 Å². The molecule has 2 fully saturated rings. The summed E-state index contributed by atoms with van der Waals surface area (Å²) < 4.78 is 28.9. The van der Waals surface area contributed by atoms with Crippen molar-refractivity contribution in [1.82, 2.24) is 20.2 Å². The van der Waals surface area contributed by atoms with E-state index in [4.69, 9.17) is 5.73 Å². The second-order valence-corrected chi connectivity index (χ2v) is 13.6. The number of fused-ring (bicyclic) bond motifs is 3. The topological polar surface area (TPSA) is 137 Å². The minimum Gasteiger partial charge on any atom is -0.369 e. The fourth-order valence-electron chi connectivity index (χ4n) is 6.07. The first-order valence-electron chi connectivity index (χ1n) is 15.1. The average molecular weight is 605 g/mol. The van der Waals surface area contributed by atoms with Crippen molar-refractivity contribution in [1.29, 1.82) is 0 Å². The monoisotopic (exact) mass is 604 g/mol. The van der Waals surface area contributed by atoms with E-state index in [1.165, 1.54) is 10.5 Å². The number of nitrogens with two attached hydrogens (primary N) is 1. The predicted molar refractivity (Wildman–Crippen MR) is 169 cm³/mol. The van der Waals surface area contributed by atoms with E-state index in [0.717, 1.165) is 63.2 Å². The van der Waals surface area contributed by atoms with E-state index in [2.05, 4.69) is 49.6 Å². The number of likely N-dealkylation sites (N-methyl/N-ethyl adjacent to an activating group) is 1. The summed E-state index contributed by atoms with van der Waals surface area (Å²) in [5.74, 6) is 0.0847. The van der Waals surface area contributed by atoms with Gasteiger partial charge in [-0.25, -0.2) is 18.4 Å². The Morgan fingerprint density at radius 3 is 2.44 bits per heavy atom. The fourth-order valence-corrected chi connectivity index (χ4v) is 7.72. The lowest BCUT2D eigenvalue weighted by molar-refractivity contribution is 0.0926. The second-order valence-electron chi connectivity index (χ2n) is 11.8. The second kappa shape index (κ2) is 12.1. The van der Waals surface area contributed by atoms with Crippen molar-refractivity contribution >= 4 is 38.9 Å². The number of carbonyl (C=O) groups is 1. The Morgan fingerprint density at radius 1 is 1.02 bits per heavy atom. The largest absolute Gasteiger partial charge is 0.369 e. The molecular weight excluding hydrogens is 564 g/mol. The van der Waals surface area contributed by atoms with E-state index in [9.17, 15) is 13.2 Å². The van der Waals surface area contributed by atoms with Crippen LogP contribution >= 0.6 is 0 Å². The summed E-state index contributed by atoms with van der Waals surface area (Å²) >= 11 is 0. The molecule has 3 aliphatic rings. The van der Waals surface area contributed by atoms with Gasteiger partial charge in [0.1, 0.15) is 4.90 Å². The van der Waals surface area contributed by atoms with Crippen molar-refractivity contribution in [3.05, 3.63) is 54.2 Å². The van der Waals surface area contributed by atoms with E-state index < -0.39 is 10.0 Å². The normalized spacial score (nSPS) is 21.6. The number of piperazine rings is 1. The van der Waals surface area contributed by atoms with Crippen molar-refractivity contribution in [2.75, 3.05) is 54.3 Å². The van der Waals surface area contributed by atoms with Crippen LogP contribution in [0.15, 0.2) is 53.6 Å². The quantitative estimate of drug-likeness (QED) is 0.370. The third-order valence-corrected chi connectivity index (χ3v) is 10.4. The van der Waals surface area contributed by atoms with Crippen LogP contribution in [0, 0.1) is 0 Å². The van der Waals surface area contributed by atoms with E-state index in [1.54, 1.807) is 18.2 Å². The number of carbonyl (C=O) groups excluding carboxylic acids is 1. The zero-order valence-corrected chi connectivity index (χ0v) is 25.6. The molecule has 1 aromatic heterocycles. The zero-order valence-electron chi connectivity index (χ0n) is 24.8. The Labute approximate surface area is 253 Å². The van der Waals surface area contributed by atoms with E-state index in [1.807, 2.05) is 19.1 Å². The van der Waals surface area contributed by atoms with Crippen LogP contribution in [0.2, 0.25) is 0 Å². The Kier molecular flexibility index (Phi) is 8.25. The van der Waals surface area contributed by atoms with E-state index in [-0.39, 0.29) is 29.4 Å². The number of hydrogen-bond donors (Lipinski definition) is 3. The van der Waals surface area contributed by atoms with Crippen molar-refractivity contribution in [3.8, 4) is 11.3 Å². The van der Waals surface area contributed by atoms with Gasteiger partial charge in [-0.1, -0.05) is 6.92 Å². The molecule has 1 aliphatic carbocycles. The minimum atomic E-state index is -3.92. The standard InChI is InChI=1S/C31H40N8O3S/c1-3-14-39-27-19-21(30(40)34-23-7-5-22(32)6-8-23)4-13-26(27)29-28(43(39,41)42)20-33-31(36-29)35-24-9-11-25(12-10-24)38-17-15-37(2)16-18-38/h4,9-13,19-20,22-23H,3,5-8,14-18,32H2,1-2H3,(H,34,40)(H,33,35,36). The van der Waals surface area contributed by atoms with Gasteiger partial charge in [-0.05, 0) is 81.6 Å². The summed E-state index contributed by atoms with van der Waals surface area (Å²) in [7, 11) is -1.78. The third-order valence-electron chi connectivity index (χ3n) is 8.63.